The fourth-order valence-electron chi connectivity index (χ4n) is 7.07. The van der Waals surface area contributed by atoms with Gasteiger partial charge in [0, 0.05) is 18.6 Å². The van der Waals surface area contributed by atoms with E-state index in [-0.39, 0.29) is 40.8 Å². The molecule has 0 bridgehead atoms. The molecule has 1 N–H and O–H groups in total. The summed E-state index contributed by atoms with van der Waals surface area (Å²) in [6, 6.07) is 13.9. The third-order valence-electron chi connectivity index (χ3n) is 9.50. The van der Waals surface area contributed by atoms with Crippen LogP contribution >= 0.6 is 0 Å². The predicted molar refractivity (Wildman–Crippen MR) is 165 cm³/mol. The quantitative estimate of drug-likeness (QED) is 0.377. The van der Waals surface area contributed by atoms with Crippen LogP contribution in [0.5, 0.6) is 0 Å². The van der Waals surface area contributed by atoms with Gasteiger partial charge in [0.2, 0.25) is 20.0 Å². The minimum Gasteiger partial charge on any atom is -0.229 e. The summed E-state index contributed by atoms with van der Waals surface area (Å²) in [6.45, 7) is 1.28. The van der Waals surface area contributed by atoms with Crippen LogP contribution in [0.4, 0.5) is 0 Å². The highest BCUT2D eigenvalue weighted by atomic mass is 32.2. The second kappa shape index (κ2) is 12.7. The number of sulfonamides is 2. The van der Waals surface area contributed by atoms with Crippen molar-refractivity contribution >= 4 is 29.9 Å². The first kappa shape index (κ1) is 31.6. The molecular weight excluding hydrogens is 593 g/mol. The number of hydrogen-bond acceptors (Lipinski definition) is 6. The van der Waals surface area contributed by atoms with Crippen molar-refractivity contribution in [3.8, 4) is 0 Å². The van der Waals surface area contributed by atoms with Crippen LogP contribution in [0.2, 0.25) is 0 Å². The Hall–Kier alpha value is -1.79. The van der Waals surface area contributed by atoms with Crippen molar-refractivity contribution in [2.45, 2.75) is 105 Å². The Kier molecular flexibility index (Phi) is 9.54. The summed E-state index contributed by atoms with van der Waals surface area (Å²) >= 11 is 0. The number of hydrogen-bond donors (Lipinski definition) is 1. The Bertz CT molecular complexity index is 1540. The summed E-state index contributed by atoms with van der Waals surface area (Å²) in [5.41, 5.74) is 1.10. The summed E-state index contributed by atoms with van der Waals surface area (Å²) in [7, 11) is -11.4. The van der Waals surface area contributed by atoms with E-state index in [9.17, 15) is 25.3 Å². The maximum atomic E-state index is 14.0. The highest BCUT2D eigenvalue weighted by Gasteiger charge is 2.48. The molecular formula is C31H44N2O6S3. The molecule has 2 aromatic rings. The molecule has 42 heavy (non-hydrogen) atoms. The molecule has 8 nitrogen and oxygen atoms in total. The predicted octanol–water partition coefficient (Wildman–Crippen LogP) is 5.33. The zero-order valence-corrected chi connectivity index (χ0v) is 27.0. The van der Waals surface area contributed by atoms with Gasteiger partial charge in [-0.15, -0.1) is 0 Å². The van der Waals surface area contributed by atoms with Crippen molar-refractivity contribution in [1.82, 2.24) is 9.03 Å². The van der Waals surface area contributed by atoms with Gasteiger partial charge in [-0.3, -0.25) is 0 Å². The molecule has 1 aliphatic heterocycles. The van der Waals surface area contributed by atoms with E-state index in [1.54, 1.807) is 31.2 Å². The summed E-state index contributed by atoms with van der Waals surface area (Å²) in [5, 5.41) is 0. The molecule has 0 radical (unpaired) electrons. The van der Waals surface area contributed by atoms with Gasteiger partial charge in [-0.05, 0) is 86.3 Å². The summed E-state index contributed by atoms with van der Waals surface area (Å²) in [5.74, 6) is 0.488. The smallest absolute Gasteiger partial charge is 0.229 e. The molecule has 0 amide bonds. The number of benzene rings is 2. The Morgan fingerprint density at radius 1 is 0.762 bits per heavy atom. The van der Waals surface area contributed by atoms with Gasteiger partial charge in [0.15, 0.2) is 9.84 Å². The van der Waals surface area contributed by atoms with Crippen molar-refractivity contribution in [2.24, 2.45) is 0 Å². The van der Waals surface area contributed by atoms with Crippen molar-refractivity contribution in [1.29, 1.82) is 0 Å². The van der Waals surface area contributed by atoms with Gasteiger partial charge in [0.25, 0.3) is 0 Å². The monoisotopic (exact) mass is 636 g/mol. The average Bonchev–Trinajstić information content (AvgIpc) is 3.29. The van der Waals surface area contributed by atoms with Gasteiger partial charge < -0.3 is 0 Å². The van der Waals surface area contributed by atoms with E-state index in [2.05, 4.69) is 4.72 Å². The van der Waals surface area contributed by atoms with Gasteiger partial charge in [0.1, 0.15) is 0 Å². The molecule has 11 heteroatoms. The van der Waals surface area contributed by atoms with Gasteiger partial charge in [0.05, 0.1) is 21.3 Å². The Morgan fingerprint density at radius 3 is 1.69 bits per heavy atom. The van der Waals surface area contributed by atoms with E-state index < -0.39 is 35.4 Å². The van der Waals surface area contributed by atoms with Crippen LogP contribution in [0.15, 0.2) is 58.3 Å². The first-order valence-corrected chi connectivity index (χ1v) is 20.1. The van der Waals surface area contributed by atoms with E-state index in [0.29, 0.717) is 11.8 Å². The van der Waals surface area contributed by atoms with E-state index in [1.807, 2.05) is 24.3 Å². The van der Waals surface area contributed by atoms with Gasteiger partial charge >= 0.3 is 0 Å². The van der Waals surface area contributed by atoms with Gasteiger partial charge in [-0.2, -0.15) is 4.31 Å². The van der Waals surface area contributed by atoms with Crippen LogP contribution in [-0.4, -0.2) is 59.7 Å². The molecule has 0 aromatic heterocycles. The number of rotatable bonds is 10. The zero-order chi connectivity index (χ0) is 30.0. The van der Waals surface area contributed by atoms with Crippen LogP contribution in [0.3, 0.4) is 0 Å². The molecule has 0 spiro atoms. The third kappa shape index (κ3) is 7.12. The highest BCUT2D eigenvalue weighted by Crippen LogP contribution is 2.36. The zero-order valence-electron chi connectivity index (χ0n) is 24.5. The molecule has 3 aliphatic rings. The van der Waals surface area contributed by atoms with E-state index in [4.69, 9.17) is 0 Å². The minimum absolute atomic E-state index is 0.0914. The van der Waals surface area contributed by atoms with Crippen LogP contribution in [0, 0.1) is 0 Å². The lowest BCUT2D eigenvalue weighted by atomic mass is 9.84. The molecule has 1 saturated heterocycles. The molecule has 0 unspecified atom stereocenters. The molecule has 232 valence electrons. The van der Waals surface area contributed by atoms with Crippen LogP contribution < -0.4 is 4.72 Å². The highest BCUT2D eigenvalue weighted by molar-refractivity contribution is 7.92. The van der Waals surface area contributed by atoms with Crippen molar-refractivity contribution in [3.63, 3.8) is 0 Å². The van der Waals surface area contributed by atoms with Gasteiger partial charge in [-0.1, -0.05) is 62.8 Å². The lowest BCUT2D eigenvalue weighted by Crippen LogP contribution is -2.53. The molecule has 1 atom stereocenters. The van der Waals surface area contributed by atoms with Crippen LogP contribution in [0.1, 0.15) is 101 Å². The van der Waals surface area contributed by atoms with Crippen molar-refractivity contribution < 1.29 is 25.3 Å². The number of sulfone groups is 1. The van der Waals surface area contributed by atoms with E-state index >= 15 is 0 Å². The minimum atomic E-state index is -4.11. The van der Waals surface area contributed by atoms with Crippen molar-refractivity contribution in [2.75, 3.05) is 24.6 Å². The Morgan fingerprint density at radius 2 is 1.24 bits per heavy atom. The maximum absolute atomic E-state index is 14.0. The van der Waals surface area contributed by atoms with E-state index in [0.717, 1.165) is 36.8 Å². The topological polar surface area (TPSA) is 118 Å². The summed E-state index contributed by atoms with van der Waals surface area (Å²) in [4.78, 5) is 0.221. The second-order valence-corrected chi connectivity index (χ2v) is 18.4. The Balaban J connectivity index is 1.32. The van der Waals surface area contributed by atoms with Crippen LogP contribution in [-0.2, 0) is 29.9 Å². The third-order valence-corrected chi connectivity index (χ3v) is 14.9. The fourth-order valence-corrected chi connectivity index (χ4v) is 12.1. The van der Waals surface area contributed by atoms with Crippen molar-refractivity contribution in [3.05, 3.63) is 59.7 Å². The summed E-state index contributed by atoms with van der Waals surface area (Å²) < 4.78 is 82.9. The molecule has 2 saturated carbocycles. The maximum Gasteiger partial charge on any atom is 0.243 e. The summed E-state index contributed by atoms with van der Waals surface area (Å²) in [6.07, 6.45) is 11.8. The Labute approximate surface area is 252 Å². The lowest BCUT2D eigenvalue weighted by molar-refractivity contribution is 0.236. The SMILES string of the molecule is C[C@]1(N(CCNS(=O)(=O)c2ccc(C3CCCCC3)cc2)S(=O)(=O)c2ccc(C3CCCCC3)cc2)CCS(=O)(=O)C1. The van der Waals surface area contributed by atoms with E-state index in [1.165, 1.54) is 42.8 Å². The largest absolute Gasteiger partial charge is 0.243 e. The molecule has 5 rings (SSSR count). The molecule has 1 heterocycles. The molecule has 3 fully saturated rings. The first-order valence-electron chi connectivity index (χ1n) is 15.3. The van der Waals surface area contributed by atoms with Crippen LogP contribution in [0.25, 0.3) is 0 Å². The van der Waals surface area contributed by atoms with Gasteiger partial charge in [-0.25, -0.2) is 30.0 Å². The standard InChI is InChI=1S/C31H44N2O6S3/c1-31(20-23-40(34,35)24-31)33(42(38,39)30-18-14-28(15-19-30)26-10-6-3-7-11-26)22-21-32-41(36,37)29-16-12-27(13-17-29)25-8-4-2-5-9-25/h12-19,25-26,32H,2-11,20-24H2,1H3/t31-/m0/s1. The fraction of sp³-hybridized carbons (Fsp3) is 0.613. The second-order valence-electron chi connectivity index (χ2n) is 12.6. The molecule has 2 aromatic carbocycles. The average molecular weight is 637 g/mol. The normalized spacial score (nSPS) is 24.2. The first-order chi connectivity index (χ1) is 19.9. The lowest BCUT2D eigenvalue weighted by Gasteiger charge is -2.36. The number of nitrogens with zero attached hydrogens (tertiary/aromatic N) is 1. The molecule has 2 aliphatic carbocycles. The number of nitrogens with one attached hydrogen (secondary N) is 1.